The quantitative estimate of drug-likeness (QED) is 0.783. The van der Waals surface area contributed by atoms with E-state index in [1.807, 2.05) is 25.1 Å². The summed E-state index contributed by atoms with van der Waals surface area (Å²) in [5, 5.41) is 2.68. The van der Waals surface area contributed by atoms with Gasteiger partial charge >= 0.3 is 5.97 Å². The van der Waals surface area contributed by atoms with E-state index in [-0.39, 0.29) is 19.3 Å². The van der Waals surface area contributed by atoms with Gasteiger partial charge in [-0.3, -0.25) is 4.79 Å². The van der Waals surface area contributed by atoms with Gasteiger partial charge in [0.1, 0.15) is 18.5 Å². The second-order valence-electron chi connectivity index (χ2n) is 6.06. The zero-order chi connectivity index (χ0) is 19.2. The third kappa shape index (κ3) is 4.69. The molecule has 0 aromatic heterocycles. The van der Waals surface area contributed by atoms with Gasteiger partial charge in [0.2, 0.25) is 0 Å². The molecule has 0 spiro atoms. The van der Waals surface area contributed by atoms with Crippen molar-refractivity contribution in [3.63, 3.8) is 0 Å². The first-order valence-corrected chi connectivity index (χ1v) is 8.54. The number of esters is 1. The van der Waals surface area contributed by atoms with Crippen molar-refractivity contribution >= 4 is 11.9 Å². The largest absolute Gasteiger partial charge is 0.496 e. The molecular formula is C20H21NO6. The molecule has 1 unspecified atom stereocenters. The lowest BCUT2D eigenvalue weighted by molar-refractivity contribution is -0.124. The molecular weight excluding hydrogens is 350 g/mol. The van der Waals surface area contributed by atoms with Crippen molar-refractivity contribution in [2.24, 2.45) is 0 Å². The summed E-state index contributed by atoms with van der Waals surface area (Å²) in [5.41, 5.74) is 1.23. The van der Waals surface area contributed by atoms with Gasteiger partial charge in [-0.2, -0.15) is 0 Å². The first kappa shape index (κ1) is 18.6. The van der Waals surface area contributed by atoms with Crippen molar-refractivity contribution in [2.75, 3.05) is 26.9 Å². The van der Waals surface area contributed by atoms with Crippen molar-refractivity contribution in [1.82, 2.24) is 5.32 Å². The molecule has 3 rings (SSSR count). The minimum absolute atomic E-state index is 0.253. The highest BCUT2D eigenvalue weighted by atomic mass is 16.6. The minimum Gasteiger partial charge on any atom is -0.496 e. The van der Waals surface area contributed by atoms with Gasteiger partial charge in [-0.05, 0) is 36.8 Å². The van der Waals surface area contributed by atoms with Crippen LogP contribution in [0.3, 0.4) is 0 Å². The SMILES string of the molecule is COc1cc(C(=O)OCC(=O)NCC2COc3ccccc3O2)ccc1C. The summed E-state index contributed by atoms with van der Waals surface area (Å²) in [6.45, 7) is 2.08. The van der Waals surface area contributed by atoms with Gasteiger partial charge in [-0.1, -0.05) is 18.2 Å². The molecule has 2 aromatic rings. The third-order valence-electron chi connectivity index (χ3n) is 4.07. The van der Waals surface area contributed by atoms with E-state index in [1.165, 1.54) is 7.11 Å². The number of carbonyl (C=O) groups is 2. The maximum Gasteiger partial charge on any atom is 0.338 e. The van der Waals surface area contributed by atoms with Crippen molar-refractivity contribution in [3.8, 4) is 17.2 Å². The van der Waals surface area contributed by atoms with Crippen LogP contribution in [0.25, 0.3) is 0 Å². The van der Waals surface area contributed by atoms with E-state index in [0.29, 0.717) is 29.4 Å². The Hall–Kier alpha value is -3.22. The zero-order valence-corrected chi connectivity index (χ0v) is 15.2. The van der Waals surface area contributed by atoms with E-state index in [2.05, 4.69) is 5.32 Å². The highest BCUT2D eigenvalue weighted by molar-refractivity contribution is 5.91. The smallest absolute Gasteiger partial charge is 0.338 e. The molecule has 27 heavy (non-hydrogen) atoms. The first-order valence-electron chi connectivity index (χ1n) is 8.54. The first-order chi connectivity index (χ1) is 13.1. The van der Waals surface area contributed by atoms with Crippen molar-refractivity contribution in [1.29, 1.82) is 0 Å². The van der Waals surface area contributed by atoms with Crippen LogP contribution in [0.5, 0.6) is 17.2 Å². The predicted molar refractivity (Wildman–Crippen MR) is 97.4 cm³/mol. The van der Waals surface area contributed by atoms with Crippen LogP contribution in [-0.2, 0) is 9.53 Å². The highest BCUT2D eigenvalue weighted by Gasteiger charge is 2.21. The van der Waals surface area contributed by atoms with Gasteiger partial charge in [0.15, 0.2) is 18.1 Å². The molecule has 142 valence electrons. The number of fused-ring (bicyclic) bond motifs is 1. The number of carbonyl (C=O) groups excluding carboxylic acids is 2. The Labute approximate surface area is 157 Å². The highest BCUT2D eigenvalue weighted by Crippen LogP contribution is 2.30. The number of rotatable bonds is 6. The summed E-state index contributed by atoms with van der Waals surface area (Å²) < 4.78 is 21.6. The normalized spacial score (nSPS) is 15.0. The average Bonchev–Trinajstić information content (AvgIpc) is 2.70. The van der Waals surface area contributed by atoms with Crippen LogP contribution in [0.4, 0.5) is 0 Å². The lowest BCUT2D eigenvalue weighted by Crippen LogP contribution is -2.42. The second kappa shape index (κ2) is 8.44. The van der Waals surface area contributed by atoms with E-state index in [1.54, 1.807) is 24.3 Å². The molecule has 1 aliphatic heterocycles. The van der Waals surface area contributed by atoms with Gasteiger partial charge in [-0.25, -0.2) is 4.79 Å². The topological polar surface area (TPSA) is 83.1 Å². The summed E-state index contributed by atoms with van der Waals surface area (Å²) in [7, 11) is 1.53. The molecule has 1 atom stereocenters. The Morgan fingerprint density at radius 3 is 2.74 bits per heavy atom. The Morgan fingerprint density at radius 1 is 1.19 bits per heavy atom. The summed E-state index contributed by atoms with van der Waals surface area (Å²) >= 11 is 0. The van der Waals surface area contributed by atoms with Gasteiger partial charge in [0, 0.05) is 0 Å². The van der Waals surface area contributed by atoms with Crippen LogP contribution in [-0.4, -0.2) is 44.8 Å². The van der Waals surface area contributed by atoms with Crippen LogP contribution in [0.2, 0.25) is 0 Å². The average molecular weight is 371 g/mol. The molecule has 1 amide bonds. The van der Waals surface area contributed by atoms with Crippen molar-refractivity contribution in [2.45, 2.75) is 13.0 Å². The summed E-state index contributed by atoms with van der Waals surface area (Å²) in [6, 6.07) is 12.3. The maximum atomic E-state index is 12.1. The molecule has 2 aromatic carbocycles. The fraction of sp³-hybridized carbons (Fsp3) is 0.300. The van der Waals surface area contributed by atoms with Gasteiger partial charge < -0.3 is 24.3 Å². The number of aryl methyl sites for hydroxylation is 1. The Kier molecular flexibility index (Phi) is 5.80. The van der Waals surface area contributed by atoms with Crippen LogP contribution in [0.1, 0.15) is 15.9 Å². The molecule has 0 aliphatic carbocycles. The minimum atomic E-state index is -0.588. The number of para-hydroxylation sites is 2. The number of hydrogen-bond donors (Lipinski definition) is 1. The number of amides is 1. The summed E-state index contributed by atoms with van der Waals surface area (Å²) in [5.74, 6) is 0.911. The summed E-state index contributed by atoms with van der Waals surface area (Å²) in [6.07, 6.45) is -0.305. The van der Waals surface area contributed by atoms with E-state index < -0.39 is 11.9 Å². The fourth-order valence-electron chi connectivity index (χ4n) is 2.60. The van der Waals surface area contributed by atoms with E-state index in [9.17, 15) is 9.59 Å². The lowest BCUT2D eigenvalue weighted by Gasteiger charge is -2.26. The van der Waals surface area contributed by atoms with Gasteiger partial charge in [0.25, 0.3) is 5.91 Å². The van der Waals surface area contributed by atoms with E-state index >= 15 is 0 Å². The van der Waals surface area contributed by atoms with Crippen LogP contribution < -0.4 is 19.5 Å². The monoisotopic (exact) mass is 371 g/mol. The number of nitrogens with one attached hydrogen (secondary N) is 1. The Balaban J connectivity index is 1.44. The van der Waals surface area contributed by atoms with Gasteiger partial charge in [0.05, 0.1) is 19.2 Å². The van der Waals surface area contributed by atoms with Crippen LogP contribution in [0, 0.1) is 6.92 Å². The molecule has 1 aliphatic rings. The fourth-order valence-corrected chi connectivity index (χ4v) is 2.60. The molecule has 1 heterocycles. The summed E-state index contributed by atoms with van der Waals surface area (Å²) in [4.78, 5) is 24.0. The molecule has 0 saturated carbocycles. The van der Waals surface area contributed by atoms with E-state index in [4.69, 9.17) is 18.9 Å². The zero-order valence-electron chi connectivity index (χ0n) is 15.2. The van der Waals surface area contributed by atoms with Crippen LogP contribution >= 0.6 is 0 Å². The molecule has 0 fully saturated rings. The van der Waals surface area contributed by atoms with Crippen LogP contribution in [0.15, 0.2) is 42.5 Å². The molecule has 1 N–H and O–H groups in total. The van der Waals surface area contributed by atoms with Crippen molar-refractivity contribution in [3.05, 3.63) is 53.6 Å². The maximum absolute atomic E-state index is 12.1. The van der Waals surface area contributed by atoms with Crippen molar-refractivity contribution < 1.29 is 28.5 Å². The number of methoxy groups -OCH3 is 1. The Morgan fingerprint density at radius 2 is 1.96 bits per heavy atom. The lowest BCUT2D eigenvalue weighted by atomic mass is 10.1. The standard InChI is InChI=1S/C20H21NO6/c1-13-7-8-14(9-18(13)24-2)20(23)26-12-19(22)21-10-15-11-25-16-5-3-4-6-17(16)27-15/h3-9,15H,10-12H2,1-2H3,(H,21,22). The third-order valence-corrected chi connectivity index (χ3v) is 4.07. The Bertz CT molecular complexity index is 835. The molecule has 0 bridgehead atoms. The molecule has 7 nitrogen and oxygen atoms in total. The van der Waals surface area contributed by atoms with E-state index in [0.717, 1.165) is 5.56 Å². The van der Waals surface area contributed by atoms with Gasteiger partial charge in [-0.15, -0.1) is 0 Å². The second-order valence-corrected chi connectivity index (χ2v) is 6.06. The molecule has 0 radical (unpaired) electrons. The predicted octanol–water partition coefficient (Wildman–Crippen LogP) is 2.12. The molecule has 7 heteroatoms. The number of benzene rings is 2. The number of ether oxygens (including phenoxy) is 4. The number of hydrogen-bond acceptors (Lipinski definition) is 6. The molecule has 0 saturated heterocycles.